The predicted octanol–water partition coefficient (Wildman–Crippen LogP) is 5.33. The number of nitrogens with zero attached hydrogens (tertiary/aromatic N) is 4. The molecule has 1 saturated carbocycles. The SMILES string of the molecule is Cc1ccccc1C1C(C#N)=C(N)N(c2nnc(SCC(=O)NC3CCCCC3)s2)C2=C1C(=O)CC(C)(C)C2. The van der Waals surface area contributed by atoms with Crippen LogP contribution in [-0.2, 0) is 9.59 Å². The van der Waals surface area contributed by atoms with Crippen LogP contribution in [0.1, 0.15) is 75.8 Å². The van der Waals surface area contributed by atoms with Crippen molar-refractivity contribution in [3.63, 3.8) is 0 Å². The molecule has 0 saturated heterocycles. The normalized spacial score (nSPS) is 21.5. The minimum absolute atomic E-state index is 0.00140. The fourth-order valence-corrected chi connectivity index (χ4v) is 7.64. The van der Waals surface area contributed by atoms with Gasteiger partial charge in [0.25, 0.3) is 0 Å². The minimum atomic E-state index is -0.517. The largest absolute Gasteiger partial charge is 0.384 e. The third-order valence-corrected chi connectivity index (χ3v) is 9.81. The first-order chi connectivity index (χ1) is 18.7. The number of rotatable bonds is 6. The van der Waals surface area contributed by atoms with Crippen molar-refractivity contribution in [2.24, 2.45) is 11.1 Å². The van der Waals surface area contributed by atoms with Gasteiger partial charge in [-0.2, -0.15) is 5.26 Å². The molecule has 0 spiro atoms. The summed E-state index contributed by atoms with van der Waals surface area (Å²) in [5, 5.41) is 22.6. The smallest absolute Gasteiger partial charge is 0.230 e. The zero-order chi connectivity index (χ0) is 27.7. The summed E-state index contributed by atoms with van der Waals surface area (Å²) in [5.74, 6) is 0.0418. The third kappa shape index (κ3) is 5.61. The number of nitriles is 1. The number of benzene rings is 1. The molecule has 8 nitrogen and oxygen atoms in total. The molecule has 1 aliphatic heterocycles. The number of carbonyl (C=O) groups is 2. The summed E-state index contributed by atoms with van der Waals surface area (Å²) in [6.07, 6.45) is 6.65. The van der Waals surface area contributed by atoms with Crippen molar-refractivity contribution < 1.29 is 9.59 Å². The number of Topliss-reactive ketones (excluding diaryl/α,β-unsaturated/α-hetero) is 1. The Morgan fingerprint density at radius 2 is 1.97 bits per heavy atom. The Kier molecular flexibility index (Phi) is 7.83. The summed E-state index contributed by atoms with van der Waals surface area (Å²) < 4.78 is 0.639. The zero-order valence-electron chi connectivity index (χ0n) is 22.6. The van der Waals surface area contributed by atoms with Crippen LogP contribution in [-0.4, -0.2) is 33.7 Å². The molecule has 2 heterocycles. The van der Waals surface area contributed by atoms with E-state index < -0.39 is 5.92 Å². The molecule has 39 heavy (non-hydrogen) atoms. The van der Waals surface area contributed by atoms with Gasteiger partial charge in [0.2, 0.25) is 11.0 Å². The van der Waals surface area contributed by atoms with E-state index in [-0.39, 0.29) is 34.7 Å². The lowest BCUT2D eigenvalue weighted by atomic mass is 9.68. The summed E-state index contributed by atoms with van der Waals surface area (Å²) in [6.45, 7) is 6.13. The average molecular weight is 563 g/mol. The second kappa shape index (κ2) is 11.1. The predicted molar refractivity (Wildman–Crippen MR) is 154 cm³/mol. The molecule has 3 N–H and O–H groups in total. The maximum absolute atomic E-state index is 13.7. The van der Waals surface area contributed by atoms with Gasteiger partial charge in [0, 0.05) is 23.7 Å². The van der Waals surface area contributed by atoms with Gasteiger partial charge < -0.3 is 11.1 Å². The number of carbonyl (C=O) groups excluding carboxylic acids is 2. The van der Waals surface area contributed by atoms with Crippen LogP contribution >= 0.6 is 23.1 Å². The van der Waals surface area contributed by atoms with E-state index in [9.17, 15) is 14.9 Å². The first kappa shape index (κ1) is 27.4. The molecule has 2 aromatic rings. The number of nitrogens with two attached hydrogens (primary N) is 1. The number of aryl methyl sites for hydroxylation is 1. The van der Waals surface area contributed by atoms with Crippen LogP contribution in [0.15, 0.2) is 51.3 Å². The molecule has 0 bridgehead atoms. The van der Waals surface area contributed by atoms with E-state index in [1.54, 1.807) is 4.90 Å². The van der Waals surface area contributed by atoms with Crippen LogP contribution in [0.4, 0.5) is 5.13 Å². The van der Waals surface area contributed by atoms with Crippen LogP contribution in [0.3, 0.4) is 0 Å². The first-order valence-electron chi connectivity index (χ1n) is 13.5. The van der Waals surface area contributed by atoms with Crippen LogP contribution in [0, 0.1) is 23.7 Å². The Morgan fingerprint density at radius 3 is 2.69 bits per heavy atom. The molecular weight excluding hydrogens is 528 g/mol. The summed E-state index contributed by atoms with van der Waals surface area (Å²) in [5.41, 5.74) is 10.1. The van der Waals surface area contributed by atoms with Crippen LogP contribution in [0.25, 0.3) is 0 Å². The summed E-state index contributed by atoms with van der Waals surface area (Å²) in [4.78, 5) is 28.0. The highest BCUT2D eigenvalue weighted by molar-refractivity contribution is 8.01. The topological polar surface area (TPSA) is 125 Å². The molecule has 1 atom stereocenters. The van der Waals surface area contributed by atoms with E-state index in [0.29, 0.717) is 33.5 Å². The highest BCUT2D eigenvalue weighted by atomic mass is 32.2. The van der Waals surface area contributed by atoms with Crippen LogP contribution in [0.2, 0.25) is 0 Å². The van der Waals surface area contributed by atoms with Gasteiger partial charge >= 0.3 is 0 Å². The molecule has 3 aliphatic rings. The first-order valence-corrected chi connectivity index (χ1v) is 15.3. The lowest BCUT2D eigenvalue weighted by molar-refractivity contribution is -0.119. The minimum Gasteiger partial charge on any atom is -0.384 e. The molecule has 1 unspecified atom stereocenters. The average Bonchev–Trinajstić information content (AvgIpc) is 3.35. The van der Waals surface area contributed by atoms with Crippen molar-refractivity contribution in [3.05, 3.63) is 58.1 Å². The Bertz CT molecular complexity index is 1400. The second-order valence-electron chi connectivity index (χ2n) is 11.4. The summed E-state index contributed by atoms with van der Waals surface area (Å²) >= 11 is 2.66. The number of nitrogens with one attached hydrogen (secondary N) is 1. The number of aromatic nitrogens is 2. The number of thioether (sulfide) groups is 1. The zero-order valence-corrected chi connectivity index (χ0v) is 24.3. The van der Waals surface area contributed by atoms with Crippen LogP contribution < -0.4 is 16.0 Å². The van der Waals surface area contributed by atoms with E-state index in [4.69, 9.17) is 5.73 Å². The number of amides is 1. The molecule has 1 aromatic heterocycles. The van der Waals surface area contributed by atoms with E-state index in [2.05, 4.69) is 35.4 Å². The quantitative estimate of drug-likeness (QED) is 0.453. The monoisotopic (exact) mass is 562 g/mol. The van der Waals surface area contributed by atoms with Gasteiger partial charge in [-0.15, -0.1) is 10.2 Å². The Balaban J connectivity index is 1.46. The number of ketones is 1. The molecule has 2 aliphatic carbocycles. The van der Waals surface area contributed by atoms with Crippen LogP contribution in [0.5, 0.6) is 0 Å². The molecular formula is C29H34N6O2S2. The van der Waals surface area contributed by atoms with Gasteiger partial charge in [-0.1, -0.05) is 80.5 Å². The summed E-state index contributed by atoms with van der Waals surface area (Å²) in [7, 11) is 0. The van der Waals surface area contributed by atoms with Crippen molar-refractivity contribution in [1.29, 1.82) is 5.26 Å². The van der Waals surface area contributed by atoms with Gasteiger partial charge in [0.1, 0.15) is 5.82 Å². The molecule has 1 fully saturated rings. The molecule has 10 heteroatoms. The van der Waals surface area contributed by atoms with Gasteiger partial charge in [-0.3, -0.25) is 14.5 Å². The third-order valence-electron chi connectivity index (χ3n) is 7.76. The number of hydrogen-bond acceptors (Lipinski definition) is 9. The van der Waals surface area contributed by atoms with Crippen molar-refractivity contribution in [2.45, 2.75) is 82.0 Å². The molecule has 5 rings (SSSR count). The second-order valence-corrected chi connectivity index (χ2v) is 13.6. The Labute approximate surface area is 237 Å². The van der Waals surface area contributed by atoms with E-state index in [1.807, 2.05) is 31.2 Å². The standard InChI is InChI=1S/C29H34N6O2S2/c1-17-9-7-8-12-19(17)24-20(15-30)26(31)35(21-13-29(2,3)14-22(36)25(21)24)27-33-34-28(39-27)38-16-23(37)32-18-10-5-4-6-11-18/h7-9,12,18,24H,4-6,10-11,13-14,16,31H2,1-3H3,(H,32,37). The fraction of sp³-hybridized carbons (Fsp3) is 0.483. The number of hydrogen-bond donors (Lipinski definition) is 2. The molecule has 1 aromatic carbocycles. The number of allylic oxidation sites excluding steroid dienone is 3. The van der Waals surface area contributed by atoms with Crippen molar-refractivity contribution >= 4 is 39.9 Å². The highest BCUT2D eigenvalue weighted by Gasteiger charge is 2.45. The van der Waals surface area contributed by atoms with Crippen molar-refractivity contribution in [3.8, 4) is 6.07 Å². The van der Waals surface area contributed by atoms with Gasteiger partial charge in [0.05, 0.1) is 23.3 Å². The van der Waals surface area contributed by atoms with E-state index >= 15 is 0 Å². The highest BCUT2D eigenvalue weighted by Crippen LogP contribution is 2.51. The van der Waals surface area contributed by atoms with E-state index in [0.717, 1.165) is 42.5 Å². The lowest BCUT2D eigenvalue weighted by Gasteiger charge is -2.42. The van der Waals surface area contributed by atoms with Crippen molar-refractivity contribution in [1.82, 2.24) is 15.5 Å². The maximum atomic E-state index is 13.7. The molecule has 204 valence electrons. The Hall–Kier alpha value is -3.16. The fourth-order valence-electron chi connectivity index (χ4n) is 5.94. The Morgan fingerprint density at radius 1 is 1.23 bits per heavy atom. The van der Waals surface area contributed by atoms with Gasteiger partial charge in [-0.05, 0) is 42.7 Å². The van der Waals surface area contributed by atoms with Crippen molar-refractivity contribution in [2.75, 3.05) is 10.7 Å². The molecule has 0 radical (unpaired) electrons. The molecule has 1 amide bonds. The number of anilines is 1. The van der Waals surface area contributed by atoms with Gasteiger partial charge in [0.15, 0.2) is 10.1 Å². The van der Waals surface area contributed by atoms with Gasteiger partial charge in [-0.25, -0.2) is 0 Å². The lowest BCUT2D eigenvalue weighted by Crippen LogP contribution is -2.42. The van der Waals surface area contributed by atoms with E-state index in [1.165, 1.54) is 29.5 Å². The summed E-state index contributed by atoms with van der Waals surface area (Å²) in [6, 6.07) is 10.4. The maximum Gasteiger partial charge on any atom is 0.230 e.